The third-order valence-corrected chi connectivity index (χ3v) is 5.14. The predicted octanol–water partition coefficient (Wildman–Crippen LogP) is 4.50. The summed E-state index contributed by atoms with van der Waals surface area (Å²) in [5.41, 5.74) is 3.76. The van der Waals surface area contributed by atoms with Gasteiger partial charge in [0.15, 0.2) is 11.5 Å². The molecule has 0 radical (unpaired) electrons. The van der Waals surface area contributed by atoms with Crippen molar-refractivity contribution < 1.29 is 14.3 Å². The van der Waals surface area contributed by atoms with Crippen LogP contribution in [0.4, 0.5) is 10.5 Å². The molecular formula is C21H23N3O3S. The van der Waals surface area contributed by atoms with Crippen LogP contribution >= 0.6 is 11.3 Å². The van der Waals surface area contributed by atoms with E-state index in [4.69, 9.17) is 9.47 Å². The van der Waals surface area contributed by atoms with Gasteiger partial charge in [0, 0.05) is 28.9 Å². The standard InChI is InChI=1S/C21H23N3O3S/c1-14-13-28-20(23-14)16-5-4-6-17(12-16)24-21(25)22-10-9-15-7-8-18(26-2)19(11-15)27-3/h4-8,11-13H,9-10H2,1-3H3,(H2,22,24,25). The van der Waals surface area contributed by atoms with Crippen LogP contribution in [0, 0.1) is 6.92 Å². The Labute approximate surface area is 168 Å². The number of anilines is 1. The first-order chi connectivity index (χ1) is 13.6. The molecule has 0 bridgehead atoms. The molecule has 2 aromatic carbocycles. The monoisotopic (exact) mass is 397 g/mol. The number of nitrogens with zero attached hydrogens (tertiary/aromatic N) is 1. The molecule has 0 spiro atoms. The summed E-state index contributed by atoms with van der Waals surface area (Å²) in [6.07, 6.45) is 0.687. The Morgan fingerprint density at radius 1 is 1.11 bits per heavy atom. The number of ether oxygens (including phenoxy) is 2. The third kappa shape index (κ3) is 5.01. The van der Waals surface area contributed by atoms with E-state index in [0.29, 0.717) is 24.5 Å². The Bertz CT molecular complexity index is 956. The molecule has 0 fully saturated rings. The summed E-state index contributed by atoms with van der Waals surface area (Å²) in [6.45, 7) is 2.47. The number of thiazole rings is 1. The van der Waals surface area contributed by atoms with Crippen LogP contribution in [-0.4, -0.2) is 31.8 Å². The Morgan fingerprint density at radius 3 is 2.64 bits per heavy atom. The summed E-state index contributed by atoms with van der Waals surface area (Å²) in [4.78, 5) is 16.7. The summed E-state index contributed by atoms with van der Waals surface area (Å²) < 4.78 is 10.5. The average Bonchev–Trinajstić information content (AvgIpc) is 3.14. The van der Waals surface area contributed by atoms with Crippen LogP contribution < -0.4 is 20.1 Å². The van der Waals surface area contributed by atoms with E-state index in [1.807, 2.05) is 54.8 Å². The first-order valence-electron chi connectivity index (χ1n) is 8.87. The summed E-state index contributed by atoms with van der Waals surface area (Å²) >= 11 is 1.59. The molecule has 0 saturated carbocycles. The van der Waals surface area contributed by atoms with E-state index in [1.165, 1.54) is 0 Å². The molecule has 0 saturated heterocycles. The number of benzene rings is 2. The fourth-order valence-electron chi connectivity index (χ4n) is 2.75. The van der Waals surface area contributed by atoms with Crippen LogP contribution in [-0.2, 0) is 6.42 Å². The lowest BCUT2D eigenvalue weighted by molar-refractivity contribution is 0.252. The molecule has 2 N–H and O–H groups in total. The lowest BCUT2D eigenvalue weighted by Crippen LogP contribution is -2.30. The minimum absolute atomic E-state index is 0.243. The average molecular weight is 398 g/mol. The molecule has 146 valence electrons. The first-order valence-corrected chi connectivity index (χ1v) is 9.75. The maximum Gasteiger partial charge on any atom is 0.319 e. The van der Waals surface area contributed by atoms with Gasteiger partial charge in [-0.15, -0.1) is 11.3 Å². The van der Waals surface area contributed by atoms with E-state index in [2.05, 4.69) is 15.6 Å². The van der Waals surface area contributed by atoms with Crippen LogP contribution in [0.2, 0.25) is 0 Å². The van der Waals surface area contributed by atoms with Crippen molar-refractivity contribution in [2.45, 2.75) is 13.3 Å². The first kappa shape index (κ1) is 19.7. The molecule has 0 aliphatic heterocycles. The molecule has 1 heterocycles. The Morgan fingerprint density at radius 2 is 1.93 bits per heavy atom. The zero-order chi connectivity index (χ0) is 19.9. The lowest BCUT2D eigenvalue weighted by atomic mass is 10.1. The third-order valence-electron chi connectivity index (χ3n) is 4.13. The molecule has 7 heteroatoms. The van der Waals surface area contributed by atoms with Crippen molar-refractivity contribution >= 4 is 23.1 Å². The van der Waals surface area contributed by atoms with E-state index >= 15 is 0 Å². The van der Waals surface area contributed by atoms with Gasteiger partial charge in [-0.1, -0.05) is 18.2 Å². The zero-order valence-corrected chi connectivity index (χ0v) is 16.9. The van der Waals surface area contributed by atoms with E-state index < -0.39 is 0 Å². The van der Waals surface area contributed by atoms with Gasteiger partial charge in [0.2, 0.25) is 0 Å². The molecule has 0 aliphatic carbocycles. The van der Waals surface area contributed by atoms with Gasteiger partial charge in [-0.25, -0.2) is 9.78 Å². The fourth-order valence-corrected chi connectivity index (χ4v) is 3.54. The van der Waals surface area contributed by atoms with Gasteiger partial charge in [-0.05, 0) is 43.2 Å². The molecule has 0 aliphatic rings. The quantitative estimate of drug-likeness (QED) is 0.616. The van der Waals surface area contributed by atoms with Crippen LogP contribution in [0.5, 0.6) is 11.5 Å². The van der Waals surface area contributed by atoms with Crippen LogP contribution in [0.25, 0.3) is 10.6 Å². The Kier molecular flexibility index (Phi) is 6.49. The summed E-state index contributed by atoms with van der Waals surface area (Å²) in [5, 5.41) is 8.69. The normalized spacial score (nSPS) is 10.4. The lowest BCUT2D eigenvalue weighted by Gasteiger charge is -2.11. The van der Waals surface area contributed by atoms with Gasteiger partial charge < -0.3 is 20.1 Å². The van der Waals surface area contributed by atoms with E-state index in [0.717, 1.165) is 27.5 Å². The van der Waals surface area contributed by atoms with Crippen molar-refractivity contribution in [2.24, 2.45) is 0 Å². The molecule has 3 aromatic rings. The molecule has 3 rings (SSSR count). The highest BCUT2D eigenvalue weighted by Crippen LogP contribution is 2.28. The van der Waals surface area contributed by atoms with Crippen molar-refractivity contribution in [3.8, 4) is 22.1 Å². The minimum atomic E-state index is -0.243. The molecule has 0 atom stereocenters. The molecule has 2 amide bonds. The van der Waals surface area contributed by atoms with Crippen molar-refractivity contribution in [1.82, 2.24) is 10.3 Å². The van der Waals surface area contributed by atoms with Crippen molar-refractivity contribution in [2.75, 3.05) is 26.1 Å². The van der Waals surface area contributed by atoms with E-state index in [9.17, 15) is 4.79 Å². The van der Waals surface area contributed by atoms with Crippen LogP contribution in [0.1, 0.15) is 11.3 Å². The number of aromatic nitrogens is 1. The molecule has 0 unspecified atom stereocenters. The van der Waals surface area contributed by atoms with Gasteiger partial charge in [-0.2, -0.15) is 0 Å². The van der Waals surface area contributed by atoms with Gasteiger partial charge in [-0.3, -0.25) is 0 Å². The number of methoxy groups -OCH3 is 2. The number of rotatable bonds is 7. The second-order valence-corrected chi connectivity index (χ2v) is 7.05. The SMILES string of the molecule is COc1ccc(CCNC(=O)Nc2cccc(-c3nc(C)cs3)c2)cc1OC. The second kappa shape index (κ2) is 9.23. The Balaban J connectivity index is 1.53. The largest absolute Gasteiger partial charge is 0.493 e. The number of urea groups is 1. The topological polar surface area (TPSA) is 72.5 Å². The molecule has 6 nitrogen and oxygen atoms in total. The Hall–Kier alpha value is -3.06. The number of hydrogen-bond donors (Lipinski definition) is 2. The number of aryl methyl sites for hydroxylation is 1. The van der Waals surface area contributed by atoms with Crippen molar-refractivity contribution in [3.63, 3.8) is 0 Å². The molecular weight excluding hydrogens is 374 g/mol. The smallest absolute Gasteiger partial charge is 0.319 e. The number of nitrogens with one attached hydrogen (secondary N) is 2. The zero-order valence-electron chi connectivity index (χ0n) is 16.1. The number of amides is 2. The van der Waals surface area contributed by atoms with Gasteiger partial charge in [0.05, 0.1) is 14.2 Å². The predicted molar refractivity (Wildman–Crippen MR) is 113 cm³/mol. The maximum absolute atomic E-state index is 12.2. The second-order valence-electron chi connectivity index (χ2n) is 6.20. The highest BCUT2D eigenvalue weighted by atomic mass is 32.1. The molecule has 28 heavy (non-hydrogen) atoms. The number of carbonyl (C=O) groups is 1. The maximum atomic E-state index is 12.2. The van der Waals surface area contributed by atoms with Crippen LogP contribution in [0.3, 0.4) is 0 Å². The summed E-state index contributed by atoms with van der Waals surface area (Å²) in [6, 6.07) is 13.2. The number of carbonyl (C=O) groups excluding carboxylic acids is 1. The van der Waals surface area contributed by atoms with Gasteiger partial charge >= 0.3 is 6.03 Å². The summed E-state index contributed by atoms with van der Waals surface area (Å²) in [7, 11) is 3.21. The van der Waals surface area contributed by atoms with Crippen molar-refractivity contribution in [1.29, 1.82) is 0 Å². The highest BCUT2D eigenvalue weighted by Gasteiger charge is 2.07. The van der Waals surface area contributed by atoms with Gasteiger partial charge in [0.1, 0.15) is 5.01 Å². The summed E-state index contributed by atoms with van der Waals surface area (Å²) in [5.74, 6) is 1.37. The fraction of sp³-hybridized carbons (Fsp3) is 0.238. The van der Waals surface area contributed by atoms with E-state index in [1.54, 1.807) is 25.6 Å². The highest BCUT2D eigenvalue weighted by molar-refractivity contribution is 7.13. The molecule has 1 aromatic heterocycles. The minimum Gasteiger partial charge on any atom is -0.493 e. The van der Waals surface area contributed by atoms with E-state index in [-0.39, 0.29) is 6.03 Å². The van der Waals surface area contributed by atoms with Crippen molar-refractivity contribution in [3.05, 3.63) is 59.1 Å². The van der Waals surface area contributed by atoms with Gasteiger partial charge in [0.25, 0.3) is 0 Å². The number of hydrogen-bond acceptors (Lipinski definition) is 5. The van der Waals surface area contributed by atoms with Crippen LogP contribution in [0.15, 0.2) is 47.8 Å².